The Bertz CT molecular complexity index is 1440. The van der Waals surface area contributed by atoms with Crippen molar-refractivity contribution >= 4 is 26.0 Å². The largest absolute Gasteiger partial charge is 0.457 e. The highest BCUT2D eigenvalue weighted by Crippen LogP contribution is 2.28. The Balaban J connectivity index is 1.82. The van der Waals surface area contributed by atoms with E-state index in [4.69, 9.17) is 4.74 Å². The standard InChI is InChI=1S/C25H19NO6S2/c27-25(20-11-10-14-22(19-20)32-21-12-4-1-5-13-21)26(33(28,29)23-15-6-2-7-16-23)34(30,31)24-17-8-3-9-18-24/h1-19H. The summed E-state index contributed by atoms with van der Waals surface area (Å²) in [5, 5.41) is 0. The van der Waals surface area contributed by atoms with Crippen molar-refractivity contribution in [2.45, 2.75) is 9.79 Å². The van der Waals surface area contributed by atoms with Gasteiger partial charge in [0, 0.05) is 5.56 Å². The van der Waals surface area contributed by atoms with Gasteiger partial charge in [0.1, 0.15) is 11.5 Å². The highest BCUT2D eigenvalue weighted by Gasteiger charge is 2.41. The first-order valence-electron chi connectivity index (χ1n) is 10.1. The lowest BCUT2D eigenvalue weighted by Gasteiger charge is -2.22. The van der Waals surface area contributed by atoms with Crippen LogP contribution in [0.4, 0.5) is 0 Å². The molecule has 0 saturated carbocycles. The molecule has 0 atom stereocenters. The highest BCUT2D eigenvalue weighted by atomic mass is 32.3. The number of hydrogen-bond donors (Lipinski definition) is 0. The zero-order chi connectivity index (χ0) is 24.2. The minimum absolute atomic E-state index is 0.0632. The molecule has 4 aromatic rings. The molecular formula is C25H19NO6S2. The number of carbonyl (C=O) groups is 1. The number of benzene rings is 4. The summed E-state index contributed by atoms with van der Waals surface area (Å²) in [4.78, 5) is 12.8. The minimum atomic E-state index is -4.77. The van der Waals surface area contributed by atoms with Crippen molar-refractivity contribution in [2.24, 2.45) is 0 Å². The Morgan fingerprint density at radius 3 is 1.50 bits per heavy atom. The molecule has 0 unspecified atom stereocenters. The molecule has 0 aromatic heterocycles. The second-order valence-corrected chi connectivity index (χ2v) is 10.9. The third kappa shape index (κ3) is 4.70. The van der Waals surface area contributed by atoms with Crippen LogP contribution in [0.5, 0.6) is 11.5 Å². The number of rotatable bonds is 7. The number of carbonyl (C=O) groups excluding carboxylic acids is 1. The molecule has 0 aliphatic heterocycles. The molecule has 0 N–H and O–H groups in total. The van der Waals surface area contributed by atoms with Gasteiger partial charge in [-0.15, -0.1) is 3.71 Å². The third-order valence-electron chi connectivity index (χ3n) is 4.74. The second-order valence-electron chi connectivity index (χ2n) is 7.08. The maximum atomic E-state index is 13.5. The van der Waals surface area contributed by atoms with Crippen LogP contribution in [0.25, 0.3) is 0 Å². The summed E-state index contributed by atoms with van der Waals surface area (Å²) in [7, 11) is -9.54. The summed E-state index contributed by atoms with van der Waals surface area (Å²) >= 11 is 0. The monoisotopic (exact) mass is 493 g/mol. The minimum Gasteiger partial charge on any atom is -0.457 e. The lowest BCUT2D eigenvalue weighted by Crippen LogP contribution is -2.41. The molecule has 0 heterocycles. The average molecular weight is 494 g/mol. The number of sulfonamides is 2. The van der Waals surface area contributed by atoms with Gasteiger partial charge in [-0.05, 0) is 54.6 Å². The van der Waals surface area contributed by atoms with Crippen LogP contribution in [0.3, 0.4) is 0 Å². The van der Waals surface area contributed by atoms with E-state index in [-0.39, 0.29) is 24.8 Å². The molecule has 0 fully saturated rings. The fourth-order valence-electron chi connectivity index (χ4n) is 3.15. The first-order valence-corrected chi connectivity index (χ1v) is 13.0. The Morgan fingerprint density at radius 1 is 0.559 bits per heavy atom. The molecule has 172 valence electrons. The van der Waals surface area contributed by atoms with Crippen molar-refractivity contribution in [1.29, 1.82) is 0 Å². The Labute approximate surface area is 198 Å². The fraction of sp³-hybridized carbons (Fsp3) is 0. The van der Waals surface area contributed by atoms with Gasteiger partial charge in [0.05, 0.1) is 9.79 Å². The first kappa shape index (κ1) is 23.2. The predicted molar refractivity (Wildman–Crippen MR) is 126 cm³/mol. The van der Waals surface area contributed by atoms with Crippen LogP contribution in [0.15, 0.2) is 125 Å². The molecule has 0 aliphatic rings. The molecule has 0 spiro atoms. The van der Waals surface area contributed by atoms with Crippen LogP contribution in [0.1, 0.15) is 10.4 Å². The fourth-order valence-corrected chi connectivity index (χ4v) is 6.73. The predicted octanol–water partition coefficient (Wildman–Crippen LogP) is 4.70. The van der Waals surface area contributed by atoms with Gasteiger partial charge in [-0.3, -0.25) is 4.79 Å². The molecule has 4 rings (SSSR count). The molecular weight excluding hydrogens is 474 g/mol. The molecule has 34 heavy (non-hydrogen) atoms. The van der Waals surface area contributed by atoms with E-state index in [1.54, 1.807) is 42.5 Å². The summed E-state index contributed by atoms with van der Waals surface area (Å²) in [5.74, 6) is -0.491. The van der Waals surface area contributed by atoms with Gasteiger partial charge in [-0.25, -0.2) is 0 Å². The Kier molecular flexibility index (Phi) is 6.49. The molecule has 1 amide bonds. The smallest absolute Gasteiger partial charge is 0.282 e. The Hall–Kier alpha value is -3.95. The molecule has 7 nitrogen and oxygen atoms in total. The molecule has 0 saturated heterocycles. The summed E-state index contributed by atoms with van der Waals surface area (Å²) < 4.78 is 59.4. The van der Waals surface area contributed by atoms with Gasteiger partial charge in [0.25, 0.3) is 26.0 Å². The van der Waals surface area contributed by atoms with Crippen LogP contribution >= 0.6 is 0 Å². The van der Waals surface area contributed by atoms with Crippen LogP contribution in [0, 0.1) is 0 Å². The van der Waals surface area contributed by atoms with E-state index >= 15 is 0 Å². The number of hydrogen-bond acceptors (Lipinski definition) is 6. The molecule has 0 aliphatic carbocycles. The maximum absolute atomic E-state index is 13.5. The zero-order valence-corrected chi connectivity index (χ0v) is 19.3. The topological polar surface area (TPSA) is 97.8 Å². The third-order valence-corrected chi connectivity index (χ3v) is 8.86. The number of amides is 1. The van der Waals surface area contributed by atoms with Crippen molar-refractivity contribution in [3.8, 4) is 11.5 Å². The number of ether oxygens (including phenoxy) is 1. The van der Waals surface area contributed by atoms with E-state index < -0.39 is 26.0 Å². The zero-order valence-electron chi connectivity index (χ0n) is 17.7. The van der Waals surface area contributed by atoms with E-state index in [2.05, 4.69) is 0 Å². The molecule has 9 heteroatoms. The van der Waals surface area contributed by atoms with E-state index in [1.165, 1.54) is 66.7 Å². The van der Waals surface area contributed by atoms with Crippen molar-refractivity contribution in [2.75, 3.05) is 0 Å². The SMILES string of the molecule is O=C(c1cccc(Oc2ccccc2)c1)N(S(=O)(=O)c1ccccc1)S(=O)(=O)c1ccccc1. The van der Waals surface area contributed by atoms with Crippen molar-refractivity contribution in [3.05, 3.63) is 121 Å². The summed E-state index contributed by atoms with van der Waals surface area (Å²) in [6.45, 7) is 0. The normalized spacial score (nSPS) is 11.5. The molecule has 0 bridgehead atoms. The average Bonchev–Trinajstić information content (AvgIpc) is 2.86. The quantitative estimate of drug-likeness (QED) is 0.370. The van der Waals surface area contributed by atoms with Crippen LogP contribution in [0.2, 0.25) is 0 Å². The highest BCUT2D eigenvalue weighted by molar-refractivity contribution is 8.05. The lowest BCUT2D eigenvalue weighted by molar-refractivity contribution is 0.0921. The number of nitrogens with zero attached hydrogens (tertiary/aromatic N) is 1. The lowest BCUT2D eigenvalue weighted by atomic mass is 10.2. The van der Waals surface area contributed by atoms with Crippen molar-refractivity contribution in [3.63, 3.8) is 0 Å². The van der Waals surface area contributed by atoms with E-state index in [9.17, 15) is 21.6 Å². The van der Waals surface area contributed by atoms with Gasteiger partial charge in [0.2, 0.25) is 0 Å². The van der Waals surface area contributed by atoms with E-state index in [0.29, 0.717) is 5.75 Å². The summed E-state index contributed by atoms with van der Waals surface area (Å²) in [6.07, 6.45) is 0. The maximum Gasteiger partial charge on any atom is 0.282 e. The van der Waals surface area contributed by atoms with E-state index in [0.717, 1.165) is 0 Å². The van der Waals surface area contributed by atoms with Gasteiger partial charge in [-0.2, -0.15) is 16.8 Å². The summed E-state index contributed by atoms with van der Waals surface area (Å²) in [6, 6.07) is 28.3. The van der Waals surface area contributed by atoms with Gasteiger partial charge >= 0.3 is 0 Å². The van der Waals surface area contributed by atoms with Crippen LogP contribution in [-0.4, -0.2) is 26.5 Å². The van der Waals surface area contributed by atoms with Crippen molar-refractivity contribution in [1.82, 2.24) is 3.71 Å². The van der Waals surface area contributed by atoms with Gasteiger partial charge in [0.15, 0.2) is 0 Å². The van der Waals surface area contributed by atoms with Crippen LogP contribution < -0.4 is 4.74 Å². The Morgan fingerprint density at radius 2 is 1.00 bits per heavy atom. The molecule has 0 radical (unpaired) electrons. The first-order chi connectivity index (χ1) is 16.3. The molecule has 4 aromatic carbocycles. The van der Waals surface area contributed by atoms with Crippen LogP contribution in [-0.2, 0) is 20.0 Å². The number of para-hydroxylation sites is 1. The van der Waals surface area contributed by atoms with Gasteiger partial charge in [-0.1, -0.05) is 60.7 Å². The van der Waals surface area contributed by atoms with Crippen molar-refractivity contribution < 1.29 is 26.4 Å². The van der Waals surface area contributed by atoms with Gasteiger partial charge < -0.3 is 4.74 Å². The summed E-state index contributed by atoms with van der Waals surface area (Å²) in [5.41, 5.74) is -0.174. The second kappa shape index (κ2) is 9.50. The van der Waals surface area contributed by atoms with E-state index in [1.807, 2.05) is 6.07 Å².